The van der Waals surface area contributed by atoms with E-state index in [9.17, 15) is 14.2 Å². The van der Waals surface area contributed by atoms with Crippen molar-refractivity contribution in [1.29, 1.82) is 0 Å². The van der Waals surface area contributed by atoms with Gasteiger partial charge in [-0.2, -0.15) is 0 Å². The van der Waals surface area contributed by atoms with E-state index in [4.69, 9.17) is 9.26 Å². The molecule has 1 unspecified atom stereocenters. The Bertz CT molecular complexity index is 569. The van der Waals surface area contributed by atoms with Crippen LogP contribution in [0.1, 0.15) is 18.4 Å². The molecule has 0 aromatic heterocycles. The van der Waals surface area contributed by atoms with E-state index in [0.29, 0.717) is 6.42 Å². The second-order valence-electron chi connectivity index (χ2n) is 5.37. The van der Waals surface area contributed by atoms with Crippen LogP contribution in [0.3, 0.4) is 0 Å². The van der Waals surface area contributed by atoms with E-state index in [1.807, 2.05) is 30.3 Å². The van der Waals surface area contributed by atoms with Gasteiger partial charge >= 0.3 is 11.9 Å². The number of rotatable bonds is 6. The molecule has 0 saturated carbocycles. The summed E-state index contributed by atoms with van der Waals surface area (Å²) in [7, 11) is -3.15. The number of carbonyl (C=O) groups is 2. The predicted molar refractivity (Wildman–Crippen MR) is 81.8 cm³/mol. The van der Waals surface area contributed by atoms with Crippen LogP contribution in [0.2, 0.25) is 0 Å². The molecule has 2 atom stereocenters. The topological polar surface area (TPSA) is 81.7 Å². The third-order valence-electron chi connectivity index (χ3n) is 3.32. The molecule has 7 heteroatoms. The van der Waals surface area contributed by atoms with Gasteiger partial charge in [-0.15, -0.1) is 0 Å². The summed E-state index contributed by atoms with van der Waals surface area (Å²) >= 11 is 0. The molecule has 1 fully saturated rings. The van der Waals surface area contributed by atoms with E-state index in [-0.39, 0.29) is 6.61 Å². The van der Waals surface area contributed by atoms with Crippen molar-refractivity contribution in [2.75, 3.05) is 19.4 Å². The van der Waals surface area contributed by atoms with Gasteiger partial charge in [0, 0.05) is 6.66 Å². The SMILES string of the molecule is CP(=O)(CC(=O)OC(=O)[C@@H]1CCCN1)OCc1ccccc1. The van der Waals surface area contributed by atoms with E-state index >= 15 is 0 Å². The van der Waals surface area contributed by atoms with Crippen LogP contribution in [-0.4, -0.2) is 37.4 Å². The van der Waals surface area contributed by atoms with E-state index < -0.39 is 31.5 Å². The van der Waals surface area contributed by atoms with Crippen LogP contribution >= 0.6 is 7.37 Å². The van der Waals surface area contributed by atoms with Gasteiger partial charge in [0.05, 0.1) is 6.61 Å². The maximum absolute atomic E-state index is 12.3. The first-order valence-electron chi connectivity index (χ1n) is 7.19. The average molecular weight is 325 g/mol. The Kier molecular flexibility index (Phi) is 5.89. The Morgan fingerprint density at radius 2 is 2.05 bits per heavy atom. The zero-order chi connectivity index (χ0) is 16.0. The number of ether oxygens (including phenoxy) is 1. The van der Waals surface area contributed by atoms with Gasteiger partial charge in [-0.3, -0.25) is 9.36 Å². The molecule has 0 aliphatic carbocycles. The van der Waals surface area contributed by atoms with E-state index in [1.165, 1.54) is 6.66 Å². The minimum Gasteiger partial charge on any atom is -0.392 e. The molecule has 120 valence electrons. The number of hydrogen-bond donors (Lipinski definition) is 1. The van der Waals surface area contributed by atoms with Crippen LogP contribution in [0.15, 0.2) is 30.3 Å². The monoisotopic (exact) mass is 325 g/mol. The molecule has 0 spiro atoms. The highest BCUT2D eigenvalue weighted by atomic mass is 31.2. The molecule has 6 nitrogen and oxygen atoms in total. The van der Waals surface area contributed by atoms with E-state index in [2.05, 4.69) is 5.32 Å². The highest BCUT2D eigenvalue weighted by Crippen LogP contribution is 2.43. The average Bonchev–Trinajstić information content (AvgIpc) is 3.00. The predicted octanol–water partition coefficient (Wildman–Crippen LogP) is 1.93. The number of nitrogens with one attached hydrogen (secondary N) is 1. The highest BCUT2D eigenvalue weighted by Gasteiger charge is 2.28. The fourth-order valence-corrected chi connectivity index (χ4v) is 3.21. The molecular formula is C15H20NO5P. The summed E-state index contributed by atoms with van der Waals surface area (Å²) in [5, 5.41) is 2.94. The normalized spacial score (nSPS) is 20.3. The second-order valence-corrected chi connectivity index (χ2v) is 7.98. The Labute approximate surface area is 129 Å². The lowest BCUT2D eigenvalue weighted by Gasteiger charge is -2.14. The highest BCUT2D eigenvalue weighted by molar-refractivity contribution is 7.59. The smallest absolute Gasteiger partial charge is 0.330 e. The Hall–Kier alpha value is -1.49. The standard InChI is InChI=1S/C15H20NO5P/c1-22(19,20-10-12-6-3-2-4-7-12)11-14(17)21-15(18)13-8-5-9-16-13/h2-4,6-7,13,16H,5,8-11H2,1H3/t13-,22?/m0/s1. The van der Waals surface area contributed by atoms with E-state index in [0.717, 1.165) is 18.5 Å². The maximum Gasteiger partial charge on any atom is 0.330 e. The van der Waals surface area contributed by atoms with Crippen molar-refractivity contribution in [1.82, 2.24) is 5.32 Å². The van der Waals surface area contributed by atoms with Crippen molar-refractivity contribution in [2.24, 2.45) is 0 Å². The molecule has 2 rings (SSSR count). The van der Waals surface area contributed by atoms with Crippen molar-refractivity contribution < 1.29 is 23.4 Å². The van der Waals surface area contributed by atoms with Crippen molar-refractivity contribution >= 4 is 19.3 Å². The van der Waals surface area contributed by atoms with Gasteiger partial charge in [0.1, 0.15) is 12.2 Å². The summed E-state index contributed by atoms with van der Waals surface area (Å²) in [4.78, 5) is 23.4. The molecule has 0 bridgehead atoms. The number of hydrogen-bond acceptors (Lipinski definition) is 6. The van der Waals surface area contributed by atoms with Crippen LogP contribution in [0.25, 0.3) is 0 Å². The Morgan fingerprint density at radius 1 is 1.32 bits per heavy atom. The zero-order valence-electron chi connectivity index (χ0n) is 12.5. The van der Waals surface area contributed by atoms with Crippen LogP contribution < -0.4 is 5.32 Å². The van der Waals surface area contributed by atoms with Crippen LogP contribution in [0.4, 0.5) is 0 Å². The molecule has 1 heterocycles. The van der Waals surface area contributed by atoms with Crippen LogP contribution in [-0.2, 0) is 30.0 Å². The number of carbonyl (C=O) groups excluding carboxylic acids is 2. The summed E-state index contributed by atoms with van der Waals surface area (Å²) in [6.45, 7) is 2.26. The van der Waals surface area contributed by atoms with Gasteiger partial charge in [-0.25, -0.2) is 4.79 Å². The van der Waals surface area contributed by atoms with Gasteiger partial charge in [-0.1, -0.05) is 30.3 Å². The summed E-state index contributed by atoms with van der Waals surface area (Å²) in [5.41, 5.74) is 0.865. The molecule has 1 aromatic rings. The molecule has 0 amide bonds. The molecule has 1 aliphatic rings. The fraction of sp³-hybridized carbons (Fsp3) is 0.467. The van der Waals surface area contributed by atoms with Gasteiger partial charge in [0.15, 0.2) is 0 Å². The largest absolute Gasteiger partial charge is 0.392 e. The third-order valence-corrected chi connectivity index (χ3v) is 4.83. The molecule has 1 aliphatic heterocycles. The van der Waals surface area contributed by atoms with Gasteiger partial charge < -0.3 is 14.6 Å². The van der Waals surface area contributed by atoms with Crippen molar-refractivity contribution in [3.05, 3.63) is 35.9 Å². The summed E-state index contributed by atoms with van der Waals surface area (Å²) < 4.78 is 22.3. The first-order chi connectivity index (χ1) is 10.5. The van der Waals surface area contributed by atoms with Gasteiger partial charge in [0.2, 0.25) is 7.37 Å². The van der Waals surface area contributed by atoms with Gasteiger partial charge in [0.25, 0.3) is 0 Å². The summed E-state index contributed by atoms with van der Waals surface area (Å²) in [6.07, 6.45) is 1.12. The lowest BCUT2D eigenvalue weighted by Crippen LogP contribution is -2.34. The molecule has 1 N–H and O–H groups in total. The van der Waals surface area contributed by atoms with Crippen LogP contribution in [0, 0.1) is 0 Å². The van der Waals surface area contributed by atoms with E-state index in [1.54, 1.807) is 0 Å². The van der Waals surface area contributed by atoms with Crippen molar-refractivity contribution in [3.8, 4) is 0 Å². The lowest BCUT2D eigenvalue weighted by atomic mass is 10.2. The molecule has 1 aromatic carbocycles. The number of benzene rings is 1. The summed E-state index contributed by atoms with van der Waals surface area (Å²) in [5.74, 6) is -1.41. The van der Waals surface area contributed by atoms with Gasteiger partial charge in [-0.05, 0) is 24.9 Å². The molecule has 22 heavy (non-hydrogen) atoms. The van der Waals surface area contributed by atoms with Crippen molar-refractivity contribution in [2.45, 2.75) is 25.5 Å². The fourth-order valence-electron chi connectivity index (χ4n) is 2.17. The summed E-state index contributed by atoms with van der Waals surface area (Å²) in [6, 6.07) is 8.81. The first-order valence-corrected chi connectivity index (χ1v) is 9.45. The number of esters is 2. The minimum atomic E-state index is -3.15. The van der Waals surface area contributed by atoms with Crippen molar-refractivity contribution in [3.63, 3.8) is 0 Å². The van der Waals surface area contributed by atoms with Crippen LogP contribution in [0.5, 0.6) is 0 Å². The quantitative estimate of drug-likeness (QED) is 0.489. The molecule has 1 saturated heterocycles. The minimum absolute atomic E-state index is 0.153. The zero-order valence-corrected chi connectivity index (χ0v) is 13.4. The second kappa shape index (κ2) is 7.68. The lowest BCUT2D eigenvalue weighted by molar-refractivity contribution is -0.159. The third kappa shape index (κ3) is 5.37. The maximum atomic E-state index is 12.3. The Balaban J connectivity index is 1.78. The first kappa shape index (κ1) is 16.9. The Morgan fingerprint density at radius 3 is 2.68 bits per heavy atom. The molecular weight excluding hydrogens is 305 g/mol. The molecule has 0 radical (unpaired) electrons.